The van der Waals surface area contributed by atoms with Gasteiger partial charge in [-0.05, 0) is 24.1 Å². The standard InChI is InChI=1S/C10H11ClF3N.ClH/c1-2-8(15)9-6(10(12,13)14)4-3-5-7(9)11;/h3-5,8H,2,15H2,1H3;1H/t8-;/m0./s1. The Morgan fingerprint density at radius 3 is 2.38 bits per heavy atom. The minimum absolute atomic E-state index is 0. The van der Waals surface area contributed by atoms with E-state index in [0.717, 1.165) is 6.07 Å². The molecule has 6 heteroatoms. The van der Waals surface area contributed by atoms with Crippen LogP contribution in [0.1, 0.15) is 30.5 Å². The van der Waals surface area contributed by atoms with Crippen molar-refractivity contribution in [3.8, 4) is 0 Å². The molecule has 0 bridgehead atoms. The van der Waals surface area contributed by atoms with E-state index in [1.165, 1.54) is 12.1 Å². The van der Waals surface area contributed by atoms with E-state index in [-0.39, 0.29) is 23.0 Å². The molecule has 1 aromatic rings. The third kappa shape index (κ3) is 3.27. The highest BCUT2D eigenvalue weighted by molar-refractivity contribution is 6.31. The Morgan fingerprint density at radius 2 is 1.94 bits per heavy atom. The first kappa shape index (κ1) is 15.5. The molecule has 16 heavy (non-hydrogen) atoms. The van der Waals surface area contributed by atoms with Gasteiger partial charge in [-0.2, -0.15) is 13.2 Å². The lowest BCUT2D eigenvalue weighted by molar-refractivity contribution is -0.138. The quantitative estimate of drug-likeness (QED) is 0.859. The molecular formula is C10H12Cl2F3N. The van der Waals surface area contributed by atoms with E-state index in [2.05, 4.69) is 0 Å². The minimum Gasteiger partial charge on any atom is -0.324 e. The topological polar surface area (TPSA) is 26.0 Å². The molecule has 0 spiro atoms. The summed E-state index contributed by atoms with van der Waals surface area (Å²) in [5, 5.41) is 0.0687. The fourth-order valence-electron chi connectivity index (χ4n) is 1.37. The predicted octanol–water partition coefficient (Wildman–Crippen LogP) is 4.19. The predicted molar refractivity (Wildman–Crippen MR) is 60.9 cm³/mol. The summed E-state index contributed by atoms with van der Waals surface area (Å²) in [6.07, 6.45) is -4.00. The van der Waals surface area contributed by atoms with Gasteiger partial charge >= 0.3 is 6.18 Å². The number of hydrogen-bond acceptors (Lipinski definition) is 1. The number of halogens is 5. The Hall–Kier alpha value is -0.450. The van der Waals surface area contributed by atoms with Crippen molar-refractivity contribution in [2.75, 3.05) is 0 Å². The maximum Gasteiger partial charge on any atom is 0.416 e. The molecule has 0 fully saturated rings. The second kappa shape index (κ2) is 5.75. The zero-order valence-electron chi connectivity index (χ0n) is 8.51. The van der Waals surface area contributed by atoms with Crippen molar-refractivity contribution in [3.05, 3.63) is 34.3 Å². The number of benzene rings is 1. The Morgan fingerprint density at radius 1 is 1.38 bits per heavy atom. The Labute approximate surface area is 103 Å². The molecule has 2 N–H and O–H groups in total. The van der Waals surface area contributed by atoms with Gasteiger partial charge < -0.3 is 5.73 Å². The van der Waals surface area contributed by atoms with Gasteiger partial charge in [0, 0.05) is 11.1 Å². The number of alkyl halides is 3. The molecule has 0 heterocycles. The summed E-state index contributed by atoms with van der Waals surface area (Å²) in [5.41, 5.74) is 4.84. The normalized spacial score (nSPS) is 13.1. The summed E-state index contributed by atoms with van der Waals surface area (Å²) in [6.45, 7) is 1.72. The van der Waals surface area contributed by atoms with E-state index < -0.39 is 17.8 Å². The average molecular weight is 274 g/mol. The molecule has 1 rings (SSSR count). The fourth-order valence-corrected chi connectivity index (χ4v) is 1.68. The van der Waals surface area contributed by atoms with Crippen molar-refractivity contribution in [3.63, 3.8) is 0 Å². The summed E-state index contributed by atoms with van der Waals surface area (Å²) >= 11 is 5.73. The fraction of sp³-hybridized carbons (Fsp3) is 0.400. The minimum atomic E-state index is -4.41. The van der Waals surface area contributed by atoms with Gasteiger partial charge in [-0.1, -0.05) is 24.6 Å². The maximum atomic E-state index is 12.6. The van der Waals surface area contributed by atoms with Gasteiger partial charge in [-0.15, -0.1) is 12.4 Å². The monoisotopic (exact) mass is 273 g/mol. The third-order valence-corrected chi connectivity index (χ3v) is 2.50. The third-order valence-electron chi connectivity index (χ3n) is 2.17. The van der Waals surface area contributed by atoms with Crippen molar-refractivity contribution in [1.82, 2.24) is 0 Å². The van der Waals surface area contributed by atoms with Crippen LogP contribution in [0, 0.1) is 0 Å². The van der Waals surface area contributed by atoms with E-state index in [1.54, 1.807) is 6.92 Å². The van der Waals surface area contributed by atoms with E-state index in [4.69, 9.17) is 17.3 Å². The summed E-state index contributed by atoms with van der Waals surface area (Å²) in [4.78, 5) is 0. The molecule has 0 saturated heterocycles. The highest BCUT2D eigenvalue weighted by Crippen LogP contribution is 2.37. The van der Waals surface area contributed by atoms with Crippen LogP contribution in [0.15, 0.2) is 18.2 Å². The molecule has 1 aromatic carbocycles. The van der Waals surface area contributed by atoms with Gasteiger partial charge in [0.15, 0.2) is 0 Å². The zero-order valence-corrected chi connectivity index (χ0v) is 10.1. The number of hydrogen-bond donors (Lipinski definition) is 1. The van der Waals surface area contributed by atoms with E-state index in [9.17, 15) is 13.2 Å². The maximum absolute atomic E-state index is 12.6. The van der Waals surface area contributed by atoms with Gasteiger partial charge in [-0.3, -0.25) is 0 Å². The average Bonchev–Trinajstić information content (AvgIpc) is 2.15. The number of nitrogens with two attached hydrogens (primary N) is 1. The lowest BCUT2D eigenvalue weighted by atomic mass is 9.99. The van der Waals surface area contributed by atoms with Crippen LogP contribution >= 0.6 is 24.0 Å². The lowest BCUT2D eigenvalue weighted by Crippen LogP contribution is -2.17. The van der Waals surface area contributed by atoms with Crippen LogP contribution in [0.5, 0.6) is 0 Å². The smallest absolute Gasteiger partial charge is 0.324 e. The lowest BCUT2D eigenvalue weighted by Gasteiger charge is -2.18. The molecule has 0 radical (unpaired) electrons. The highest BCUT2D eigenvalue weighted by Gasteiger charge is 2.35. The summed E-state index contributed by atoms with van der Waals surface area (Å²) in [5.74, 6) is 0. The molecule has 0 aliphatic carbocycles. The molecule has 0 amide bonds. The van der Waals surface area contributed by atoms with Crippen LogP contribution in [0.2, 0.25) is 5.02 Å². The second-order valence-corrected chi connectivity index (χ2v) is 3.62. The van der Waals surface area contributed by atoms with Gasteiger partial charge in [0.05, 0.1) is 5.56 Å². The Kier molecular flexibility index (Phi) is 5.59. The molecule has 92 valence electrons. The first-order valence-electron chi connectivity index (χ1n) is 4.49. The SMILES string of the molecule is CC[C@H](N)c1c(Cl)cccc1C(F)(F)F.Cl. The van der Waals surface area contributed by atoms with Gasteiger partial charge in [-0.25, -0.2) is 0 Å². The molecule has 0 aliphatic rings. The first-order valence-corrected chi connectivity index (χ1v) is 4.87. The van der Waals surface area contributed by atoms with Crippen molar-refractivity contribution in [2.24, 2.45) is 5.73 Å². The molecule has 0 unspecified atom stereocenters. The van der Waals surface area contributed by atoms with Gasteiger partial charge in [0.2, 0.25) is 0 Å². The van der Waals surface area contributed by atoms with E-state index in [0.29, 0.717) is 6.42 Å². The molecule has 1 atom stereocenters. The van der Waals surface area contributed by atoms with Crippen molar-refractivity contribution in [1.29, 1.82) is 0 Å². The van der Waals surface area contributed by atoms with Crippen LogP contribution in [0.4, 0.5) is 13.2 Å². The van der Waals surface area contributed by atoms with Crippen molar-refractivity contribution >= 4 is 24.0 Å². The Balaban J connectivity index is 0.00000225. The van der Waals surface area contributed by atoms with Crippen LogP contribution in [-0.4, -0.2) is 0 Å². The Bertz CT molecular complexity index is 352. The molecular weight excluding hydrogens is 262 g/mol. The first-order chi connectivity index (χ1) is 6.88. The number of rotatable bonds is 2. The van der Waals surface area contributed by atoms with Crippen molar-refractivity contribution < 1.29 is 13.2 Å². The summed E-state index contributed by atoms with van der Waals surface area (Å²) in [6, 6.07) is 3.01. The van der Waals surface area contributed by atoms with Crippen LogP contribution in [0.25, 0.3) is 0 Å². The van der Waals surface area contributed by atoms with E-state index in [1.807, 2.05) is 0 Å². The molecule has 0 aromatic heterocycles. The van der Waals surface area contributed by atoms with Gasteiger partial charge in [0.1, 0.15) is 0 Å². The van der Waals surface area contributed by atoms with Crippen LogP contribution in [-0.2, 0) is 6.18 Å². The van der Waals surface area contributed by atoms with Crippen LogP contribution < -0.4 is 5.73 Å². The van der Waals surface area contributed by atoms with Gasteiger partial charge in [0.25, 0.3) is 0 Å². The molecule has 0 aliphatic heterocycles. The van der Waals surface area contributed by atoms with Crippen LogP contribution in [0.3, 0.4) is 0 Å². The zero-order chi connectivity index (χ0) is 11.6. The summed E-state index contributed by atoms with van der Waals surface area (Å²) < 4.78 is 37.8. The molecule has 0 saturated carbocycles. The second-order valence-electron chi connectivity index (χ2n) is 3.21. The summed E-state index contributed by atoms with van der Waals surface area (Å²) in [7, 11) is 0. The largest absolute Gasteiger partial charge is 0.416 e. The highest BCUT2D eigenvalue weighted by atomic mass is 35.5. The van der Waals surface area contributed by atoms with E-state index >= 15 is 0 Å². The van der Waals surface area contributed by atoms with Crippen molar-refractivity contribution in [2.45, 2.75) is 25.6 Å². The molecule has 1 nitrogen and oxygen atoms in total.